The van der Waals surface area contributed by atoms with E-state index in [1.807, 2.05) is 23.1 Å². The molecule has 2 heterocycles. The number of likely N-dealkylation sites (tertiary alicyclic amines) is 1. The zero-order chi connectivity index (χ0) is 23.5. The molecule has 0 unspecified atom stereocenters. The predicted molar refractivity (Wildman–Crippen MR) is 130 cm³/mol. The van der Waals surface area contributed by atoms with E-state index >= 15 is 0 Å². The number of hydrogen-bond donors (Lipinski definition) is 1. The maximum atomic E-state index is 13.2. The number of carbonyl (C=O) groups is 2. The molecule has 6 nitrogen and oxygen atoms in total. The fraction of sp³-hybridized carbons (Fsp3) is 0.286. The topological polar surface area (TPSA) is 67.9 Å². The molecule has 1 saturated heterocycles. The summed E-state index contributed by atoms with van der Waals surface area (Å²) in [4.78, 5) is 26.8. The van der Waals surface area contributed by atoms with Gasteiger partial charge < -0.3 is 19.7 Å². The number of anilines is 1. The highest BCUT2D eigenvalue weighted by atomic mass is 16.5. The first-order chi connectivity index (χ1) is 16.6. The van der Waals surface area contributed by atoms with Crippen molar-refractivity contribution in [3.63, 3.8) is 0 Å². The molecule has 0 aliphatic carbocycles. The number of methoxy groups -OCH3 is 1. The van der Waals surface area contributed by atoms with E-state index in [0.29, 0.717) is 36.0 Å². The summed E-state index contributed by atoms with van der Waals surface area (Å²) in [5.74, 6) is 1.88. The number of fused-ring (bicyclic) bond motifs is 1. The summed E-state index contributed by atoms with van der Waals surface area (Å²) in [5.41, 5.74) is 3.64. The van der Waals surface area contributed by atoms with E-state index in [-0.39, 0.29) is 24.3 Å². The molecule has 6 heteroatoms. The average molecular weight is 457 g/mol. The van der Waals surface area contributed by atoms with Crippen LogP contribution in [0.5, 0.6) is 11.5 Å². The Morgan fingerprint density at radius 1 is 1.00 bits per heavy atom. The van der Waals surface area contributed by atoms with Crippen LogP contribution in [0.25, 0.3) is 0 Å². The van der Waals surface area contributed by atoms with Gasteiger partial charge in [0.05, 0.1) is 12.8 Å². The van der Waals surface area contributed by atoms with Gasteiger partial charge in [0, 0.05) is 24.6 Å². The minimum absolute atomic E-state index is 0.00365. The molecule has 0 saturated carbocycles. The highest BCUT2D eigenvalue weighted by Gasteiger charge is 2.31. The fourth-order valence-electron chi connectivity index (χ4n) is 5.07. The van der Waals surface area contributed by atoms with Gasteiger partial charge in [-0.25, -0.2) is 0 Å². The largest absolute Gasteiger partial charge is 0.497 e. The van der Waals surface area contributed by atoms with E-state index in [4.69, 9.17) is 9.47 Å². The Labute approximate surface area is 199 Å². The summed E-state index contributed by atoms with van der Waals surface area (Å²) in [5, 5.41) is 2.78. The van der Waals surface area contributed by atoms with Gasteiger partial charge in [-0.2, -0.15) is 0 Å². The number of nitrogens with zero attached hydrogens (tertiary/aromatic N) is 1. The molecule has 5 rings (SSSR count). The number of hydrogen-bond acceptors (Lipinski definition) is 4. The van der Waals surface area contributed by atoms with Crippen molar-refractivity contribution in [3.05, 3.63) is 89.5 Å². The van der Waals surface area contributed by atoms with Gasteiger partial charge in [0.15, 0.2) is 6.61 Å². The van der Waals surface area contributed by atoms with Gasteiger partial charge in [-0.15, -0.1) is 0 Å². The lowest BCUT2D eigenvalue weighted by Crippen LogP contribution is -2.40. The van der Waals surface area contributed by atoms with Gasteiger partial charge in [0.25, 0.3) is 11.8 Å². The normalized spacial score (nSPS) is 16.7. The number of carbonyl (C=O) groups excluding carboxylic acids is 2. The number of nitrogens with one attached hydrogen (secondary N) is 1. The van der Waals surface area contributed by atoms with Crippen LogP contribution in [-0.2, 0) is 4.79 Å². The van der Waals surface area contributed by atoms with E-state index in [2.05, 4.69) is 41.7 Å². The third-order valence-corrected chi connectivity index (χ3v) is 6.77. The van der Waals surface area contributed by atoms with Crippen LogP contribution >= 0.6 is 0 Å². The smallest absolute Gasteiger partial charge is 0.262 e. The third-order valence-electron chi connectivity index (χ3n) is 6.77. The summed E-state index contributed by atoms with van der Waals surface area (Å²) < 4.78 is 10.9. The monoisotopic (exact) mass is 456 g/mol. The lowest BCUT2D eigenvalue weighted by atomic mass is 9.76. The summed E-state index contributed by atoms with van der Waals surface area (Å²) in [6.07, 6.45) is 1.82. The average Bonchev–Trinajstić information content (AvgIpc) is 2.89. The zero-order valence-electron chi connectivity index (χ0n) is 19.2. The van der Waals surface area contributed by atoms with Gasteiger partial charge in [-0.3, -0.25) is 9.59 Å². The van der Waals surface area contributed by atoms with Gasteiger partial charge >= 0.3 is 0 Å². The first-order valence-corrected chi connectivity index (χ1v) is 11.7. The summed E-state index contributed by atoms with van der Waals surface area (Å²) in [6, 6.07) is 24.1. The highest BCUT2D eigenvalue weighted by molar-refractivity contribution is 5.99. The molecular weight excluding hydrogens is 428 g/mol. The molecule has 1 fully saturated rings. The van der Waals surface area contributed by atoms with Crippen molar-refractivity contribution < 1.29 is 19.1 Å². The Hall–Kier alpha value is -3.80. The number of benzene rings is 3. The first kappa shape index (κ1) is 22.0. The van der Waals surface area contributed by atoms with Crippen molar-refractivity contribution in [2.24, 2.45) is 5.92 Å². The van der Waals surface area contributed by atoms with Crippen molar-refractivity contribution >= 4 is 17.5 Å². The standard InChI is InChI=1S/C28H28N2O4/c1-33-23-9-5-8-21(16-23)27(19-6-3-2-4-7-19)20-12-14-30(15-13-20)28(32)22-10-11-25-24(17-22)29-26(31)18-34-25/h2-11,16-17,20,27H,12-15,18H2,1H3,(H,29,31)/t27-/m0/s1. The fourth-order valence-corrected chi connectivity index (χ4v) is 5.07. The zero-order valence-corrected chi connectivity index (χ0v) is 19.2. The van der Waals surface area contributed by atoms with Crippen LogP contribution in [0.15, 0.2) is 72.8 Å². The Balaban J connectivity index is 1.33. The minimum Gasteiger partial charge on any atom is -0.497 e. The minimum atomic E-state index is -0.206. The lowest BCUT2D eigenvalue weighted by molar-refractivity contribution is -0.118. The third kappa shape index (κ3) is 4.49. The number of rotatable bonds is 5. The van der Waals surface area contributed by atoms with Crippen LogP contribution in [0.1, 0.15) is 40.2 Å². The van der Waals surface area contributed by atoms with Crippen LogP contribution in [0.2, 0.25) is 0 Å². The molecular formula is C28H28N2O4. The van der Waals surface area contributed by atoms with Crippen molar-refractivity contribution in [3.8, 4) is 11.5 Å². The van der Waals surface area contributed by atoms with Crippen LogP contribution in [0.4, 0.5) is 5.69 Å². The molecule has 0 spiro atoms. The lowest BCUT2D eigenvalue weighted by Gasteiger charge is -2.37. The van der Waals surface area contributed by atoms with E-state index in [0.717, 1.165) is 18.6 Å². The van der Waals surface area contributed by atoms with Gasteiger partial charge in [-0.1, -0.05) is 42.5 Å². The first-order valence-electron chi connectivity index (χ1n) is 11.7. The molecule has 2 aliphatic rings. The van der Waals surface area contributed by atoms with Crippen LogP contribution in [-0.4, -0.2) is 43.5 Å². The van der Waals surface area contributed by atoms with Crippen LogP contribution in [0, 0.1) is 5.92 Å². The molecule has 3 aromatic rings. The maximum absolute atomic E-state index is 13.2. The Morgan fingerprint density at radius 3 is 2.53 bits per heavy atom. The molecule has 34 heavy (non-hydrogen) atoms. The second-order valence-corrected chi connectivity index (χ2v) is 8.84. The quantitative estimate of drug-likeness (QED) is 0.604. The summed E-state index contributed by atoms with van der Waals surface area (Å²) in [6.45, 7) is 1.39. The molecule has 1 N–H and O–H groups in total. The maximum Gasteiger partial charge on any atom is 0.262 e. The predicted octanol–water partition coefficient (Wildman–Crippen LogP) is 4.71. The van der Waals surface area contributed by atoms with E-state index in [9.17, 15) is 9.59 Å². The molecule has 2 aliphatic heterocycles. The highest BCUT2D eigenvalue weighted by Crippen LogP contribution is 2.39. The molecule has 1 atom stereocenters. The molecule has 2 amide bonds. The van der Waals surface area contributed by atoms with Crippen LogP contribution in [0.3, 0.4) is 0 Å². The van der Waals surface area contributed by atoms with E-state index < -0.39 is 0 Å². The molecule has 0 aromatic heterocycles. The van der Waals surface area contributed by atoms with Gasteiger partial charge in [0.1, 0.15) is 11.5 Å². The Morgan fingerprint density at radius 2 is 1.76 bits per heavy atom. The van der Waals surface area contributed by atoms with Crippen molar-refractivity contribution in [2.75, 3.05) is 32.1 Å². The number of ether oxygens (including phenoxy) is 2. The van der Waals surface area contributed by atoms with Crippen molar-refractivity contribution in [1.82, 2.24) is 4.90 Å². The van der Waals surface area contributed by atoms with Crippen molar-refractivity contribution in [2.45, 2.75) is 18.8 Å². The van der Waals surface area contributed by atoms with E-state index in [1.54, 1.807) is 25.3 Å². The second-order valence-electron chi connectivity index (χ2n) is 8.84. The molecule has 0 radical (unpaired) electrons. The SMILES string of the molecule is COc1cccc([C@@H](c2ccccc2)C2CCN(C(=O)c3ccc4c(c3)NC(=O)CO4)CC2)c1. The Kier molecular flexibility index (Phi) is 6.21. The van der Waals surface area contributed by atoms with Crippen LogP contribution < -0.4 is 14.8 Å². The van der Waals surface area contributed by atoms with Crippen molar-refractivity contribution in [1.29, 1.82) is 0 Å². The summed E-state index contributed by atoms with van der Waals surface area (Å²) in [7, 11) is 1.69. The summed E-state index contributed by atoms with van der Waals surface area (Å²) >= 11 is 0. The number of amides is 2. The molecule has 0 bridgehead atoms. The Bertz CT molecular complexity index is 1190. The second kappa shape index (κ2) is 9.59. The van der Waals surface area contributed by atoms with E-state index in [1.165, 1.54) is 11.1 Å². The van der Waals surface area contributed by atoms with Gasteiger partial charge in [0.2, 0.25) is 0 Å². The van der Waals surface area contributed by atoms with Gasteiger partial charge in [-0.05, 0) is 60.2 Å². The molecule has 174 valence electrons. The number of piperidine rings is 1. The molecule has 3 aromatic carbocycles.